The summed E-state index contributed by atoms with van der Waals surface area (Å²) in [6, 6.07) is 5.00. The Morgan fingerprint density at radius 2 is 1.76 bits per heavy atom. The van der Waals surface area contributed by atoms with E-state index in [0.717, 1.165) is 25.7 Å². The van der Waals surface area contributed by atoms with E-state index in [1.54, 1.807) is 0 Å². The molecule has 114 valence electrons. The van der Waals surface area contributed by atoms with Crippen molar-refractivity contribution in [3.8, 4) is 0 Å². The van der Waals surface area contributed by atoms with Gasteiger partial charge in [0.15, 0.2) is 15.6 Å². The van der Waals surface area contributed by atoms with E-state index < -0.39 is 26.3 Å². The summed E-state index contributed by atoms with van der Waals surface area (Å²) >= 11 is 0. The van der Waals surface area contributed by atoms with Crippen LogP contribution in [-0.4, -0.2) is 30.6 Å². The number of hydrogen-bond acceptors (Lipinski definition) is 5. The van der Waals surface area contributed by atoms with Crippen LogP contribution >= 0.6 is 0 Å². The summed E-state index contributed by atoms with van der Waals surface area (Å²) in [5.74, 6) is -0.810. The van der Waals surface area contributed by atoms with Gasteiger partial charge in [0.2, 0.25) is 0 Å². The minimum atomic E-state index is -3.42. The van der Waals surface area contributed by atoms with Gasteiger partial charge in [-0.05, 0) is 30.9 Å². The smallest absolute Gasteiger partial charge is 0.269 e. The lowest BCUT2D eigenvalue weighted by Gasteiger charge is -2.09. The highest BCUT2D eigenvalue weighted by atomic mass is 32.2. The van der Waals surface area contributed by atoms with Gasteiger partial charge in [0.25, 0.3) is 5.69 Å². The minimum Gasteiger partial charge on any atom is -0.293 e. The van der Waals surface area contributed by atoms with Crippen LogP contribution in [0.25, 0.3) is 0 Å². The molecule has 0 saturated heterocycles. The number of hydrogen-bond donors (Lipinski definition) is 0. The monoisotopic (exact) mass is 311 g/mol. The first-order valence-electron chi connectivity index (χ1n) is 6.85. The first kappa shape index (κ1) is 15.6. The summed E-state index contributed by atoms with van der Waals surface area (Å²) in [7, 11) is -3.42. The van der Waals surface area contributed by atoms with Gasteiger partial charge in [-0.25, -0.2) is 8.42 Å². The quantitative estimate of drug-likeness (QED) is 0.456. The lowest BCUT2D eigenvalue weighted by atomic mass is 10.1. The Bertz CT molecular complexity index is 630. The fraction of sp³-hybridized carbons (Fsp3) is 0.500. The standard InChI is InChI=1S/C14H17NO5S/c16-14(12-5-7-13(8-6-12)15(17)18)10-21(19,20)9-11-3-1-2-4-11/h5-8,11H,1-4,9-10H2. The number of nitrogens with zero attached hydrogens (tertiary/aromatic N) is 1. The summed E-state index contributed by atoms with van der Waals surface area (Å²) in [6.45, 7) is 0. The number of non-ortho nitro benzene ring substituents is 1. The lowest BCUT2D eigenvalue weighted by molar-refractivity contribution is -0.384. The number of sulfone groups is 1. The van der Waals surface area contributed by atoms with Gasteiger partial charge in [-0.3, -0.25) is 14.9 Å². The highest BCUT2D eigenvalue weighted by molar-refractivity contribution is 7.92. The molecule has 0 aliphatic heterocycles. The Kier molecular flexibility index (Phi) is 4.72. The molecule has 0 spiro atoms. The number of nitro groups is 1. The van der Waals surface area contributed by atoms with Crippen LogP contribution in [0.4, 0.5) is 5.69 Å². The Hall–Kier alpha value is -1.76. The van der Waals surface area contributed by atoms with Crippen LogP contribution in [0.5, 0.6) is 0 Å². The lowest BCUT2D eigenvalue weighted by Crippen LogP contribution is -2.22. The summed E-state index contributed by atoms with van der Waals surface area (Å²) in [4.78, 5) is 21.9. The van der Waals surface area contributed by atoms with E-state index in [1.165, 1.54) is 24.3 Å². The van der Waals surface area contributed by atoms with Crippen LogP contribution in [-0.2, 0) is 9.84 Å². The molecule has 0 amide bonds. The van der Waals surface area contributed by atoms with Gasteiger partial charge in [-0.1, -0.05) is 12.8 Å². The third-order valence-corrected chi connectivity index (χ3v) is 5.40. The van der Waals surface area contributed by atoms with E-state index >= 15 is 0 Å². The summed E-state index contributed by atoms with van der Waals surface area (Å²) in [6.07, 6.45) is 3.92. The van der Waals surface area contributed by atoms with Crippen molar-refractivity contribution in [1.29, 1.82) is 0 Å². The van der Waals surface area contributed by atoms with Gasteiger partial charge in [0.05, 0.1) is 10.7 Å². The molecule has 1 aliphatic carbocycles. The molecule has 6 nitrogen and oxygen atoms in total. The Morgan fingerprint density at radius 3 is 2.29 bits per heavy atom. The van der Waals surface area contributed by atoms with Gasteiger partial charge < -0.3 is 0 Å². The first-order valence-corrected chi connectivity index (χ1v) is 8.67. The average Bonchev–Trinajstić information content (AvgIpc) is 2.90. The molecule has 2 rings (SSSR count). The van der Waals surface area contributed by atoms with Crippen LogP contribution in [0.15, 0.2) is 24.3 Å². The van der Waals surface area contributed by atoms with Crippen LogP contribution in [0, 0.1) is 16.0 Å². The van der Waals surface area contributed by atoms with Crippen molar-refractivity contribution in [3.05, 3.63) is 39.9 Å². The maximum atomic E-state index is 12.0. The van der Waals surface area contributed by atoms with Gasteiger partial charge in [0.1, 0.15) is 5.75 Å². The molecule has 0 unspecified atom stereocenters. The zero-order valence-electron chi connectivity index (χ0n) is 11.5. The molecule has 1 aromatic carbocycles. The van der Waals surface area contributed by atoms with Gasteiger partial charge in [-0.2, -0.15) is 0 Å². The molecule has 0 radical (unpaired) electrons. The zero-order chi connectivity index (χ0) is 15.5. The van der Waals surface area contributed by atoms with Crippen molar-refractivity contribution in [2.75, 3.05) is 11.5 Å². The Labute approximate surface area is 123 Å². The maximum Gasteiger partial charge on any atom is 0.269 e. The molecule has 0 aromatic heterocycles. The van der Waals surface area contributed by atoms with Gasteiger partial charge in [0, 0.05) is 17.7 Å². The van der Waals surface area contributed by atoms with E-state index in [9.17, 15) is 23.3 Å². The molecule has 0 bridgehead atoms. The molecule has 7 heteroatoms. The number of nitro benzene ring substituents is 1. The molecular formula is C14H17NO5S. The van der Waals surface area contributed by atoms with Crippen LogP contribution in [0.2, 0.25) is 0 Å². The molecule has 0 N–H and O–H groups in total. The van der Waals surface area contributed by atoms with E-state index in [2.05, 4.69) is 0 Å². The second-order valence-electron chi connectivity index (χ2n) is 5.43. The topological polar surface area (TPSA) is 94.3 Å². The van der Waals surface area contributed by atoms with E-state index in [0.29, 0.717) is 0 Å². The Morgan fingerprint density at radius 1 is 1.19 bits per heavy atom. The highest BCUT2D eigenvalue weighted by Gasteiger charge is 2.25. The molecule has 21 heavy (non-hydrogen) atoms. The summed E-state index contributed by atoms with van der Waals surface area (Å²) < 4.78 is 24.0. The largest absolute Gasteiger partial charge is 0.293 e. The normalized spacial score (nSPS) is 16.0. The van der Waals surface area contributed by atoms with Crippen LogP contribution < -0.4 is 0 Å². The summed E-state index contributed by atoms with van der Waals surface area (Å²) in [5, 5.41) is 10.5. The van der Waals surface area contributed by atoms with E-state index in [1.807, 2.05) is 0 Å². The molecule has 1 saturated carbocycles. The molecule has 0 heterocycles. The predicted molar refractivity (Wildman–Crippen MR) is 78.0 cm³/mol. The molecule has 1 fully saturated rings. The second-order valence-corrected chi connectivity index (χ2v) is 7.54. The van der Waals surface area contributed by atoms with Crippen LogP contribution in [0.1, 0.15) is 36.0 Å². The third kappa shape index (κ3) is 4.35. The SMILES string of the molecule is O=C(CS(=O)(=O)CC1CCCC1)c1ccc([N+](=O)[O-])cc1. The number of rotatable bonds is 6. The molecule has 1 aromatic rings. The van der Waals surface area contributed by atoms with Crippen molar-refractivity contribution in [2.45, 2.75) is 25.7 Å². The van der Waals surface area contributed by atoms with E-state index in [4.69, 9.17) is 0 Å². The Balaban J connectivity index is 2.01. The van der Waals surface area contributed by atoms with Gasteiger partial charge in [-0.15, -0.1) is 0 Å². The zero-order valence-corrected chi connectivity index (χ0v) is 12.3. The van der Waals surface area contributed by atoms with E-state index in [-0.39, 0.29) is 22.9 Å². The average molecular weight is 311 g/mol. The van der Waals surface area contributed by atoms with Crippen LogP contribution in [0.3, 0.4) is 0 Å². The van der Waals surface area contributed by atoms with Crippen molar-refractivity contribution in [2.24, 2.45) is 5.92 Å². The fourth-order valence-electron chi connectivity index (χ4n) is 2.65. The molecular weight excluding hydrogens is 294 g/mol. The number of ketones is 1. The predicted octanol–water partition coefficient (Wildman–Crippen LogP) is 2.38. The number of carbonyl (C=O) groups is 1. The second kappa shape index (κ2) is 6.34. The fourth-order valence-corrected chi connectivity index (χ4v) is 4.38. The summed E-state index contributed by atoms with van der Waals surface area (Å²) in [5.41, 5.74) is 0.0657. The van der Waals surface area contributed by atoms with Crippen molar-refractivity contribution < 1.29 is 18.1 Å². The maximum absolute atomic E-state index is 12.0. The van der Waals surface area contributed by atoms with Crippen molar-refractivity contribution in [3.63, 3.8) is 0 Å². The number of Topliss-reactive ketones (excluding diaryl/α,β-unsaturated/α-hetero) is 1. The third-order valence-electron chi connectivity index (χ3n) is 3.72. The van der Waals surface area contributed by atoms with Gasteiger partial charge >= 0.3 is 0 Å². The first-order chi connectivity index (χ1) is 9.87. The highest BCUT2D eigenvalue weighted by Crippen LogP contribution is 2.26. The number of carbonyl (C=O) groups excluding carboxylic acids is 1. The molecule has 1 aliphatic rings. The number of benzene rings is 1. The van der Waals surface area contributed by atoms with Crippen molar-refractivity contribution in [1.82, 2.24) is 0 Å². The minimum absolute atomic E-state index is 0.0612. The molecule has 0 atom stereocenters. The van der Waals surface area contributed by atoms with Crippen molar-refractivity contribution >= 4 is 21.3 Å².